The second-order valence-corrected chi connectivity index (χ2v) is 5.29. The summed E-state index contributed by atoms with van der Waals surface area (Å²) in [5, 5.41) is 3.58. The van der Waals surface area contributed by atoms with Gasteiger partial charge in [-0.3, -0.25) is 0 Å². The highest BCUT2D eigenvalue weighted by atomic mass is 15.1. The predicted molar refractivity (Wildman–Crippen MR) is 74.3 cm³/mol. The van der Waals surface area contributed by atoms with E-state index in [0.29, 0.717) is 12.1 Å². The number of anilines is 2. The first-order valence-electron chi connectivity index (χ1n) is 6.39. The molecule has 0 aromatic heterocycles. The third-order valence-electron chi connectivity index (χ3n) is 3.78. The molecule has 1 fully saturated rings. The molecule has 17 heavy (non-hydrogen) atoms. The van der Waals surface area contributed by atoms with Crippen molar-refractivity contribution in [3.8, 4) is 0 Å². The van der Waals surface area contributed by atoms with Crippen molar-refractivity contribution in [2.24, 2.45) is 0 Å². The van der Waals surface area contributed by atoms with Crippen molar-refractivity contribution in [1.29, 1.82) is 0 Å². The average molecular weight is 233 g/mol. The molecule has 0 spiro atoms. The first-order chi connectivity index (χ1) is 8.06. The lowest BCUT2D eigenvalue weighted by atomic mass is 9.98. The van der Waals surface area contributed by atoms with Gasteiger partial charge in [-0.15, -0.1) is 0 Å². The van der Waals surface area contributed by atoms with E-state index in [2.05, 4.69) is 43.2 Å². The Labute approximate surface area is 104 Å². The smallest absolute Gasteiger partial charge is 0.0576 e. The number of nitrogens with two attached hydrogens (primary N) is 1. The minimum absolute atomic E-state index is 0.547. The maximum absolute atomic E-state index is 6.03. The van der Waals surface area contributed by atoms with Crippen molar-refractivity contribution in [3.63, 3.8) is 0 Å². The van der Waals surface area contributed by atoms with Gasteiger partial charge in [0.15, 0.2) is 0 Å². The Morgan fingerprint density at radius 3 is 2.82 bits per heavy atom. The number of hydrogen-bond donors (Lipinski definition) is 2. The summed E-state index contributed by atoms with van der Waals surface area (Å²) in [7, 11) is 2.20. The van der Waals surface area contributed by atoms with Crippen LogP contribution >= 0.6 is 0 Å². The zero-order valence-corrected chi connectivity index (χ0v) is 11.0. The highest BCUT2D eigenvalue weighted by molar-refractivity contribution is 5.67. The van der Waals surface area contributed by atoms with Crippen LogP contribution in [0.4, 0.5) is 11.4 Å². The molecule has 3 heteroatoms. The normalized spacial score (nSPS) is 25.8. The fraction of sp³-hybridized carbons (Fsp3) is 0.571. The van der Waals surface area contributed by atoms with Gasteiger partial charge < -0.3 is 16.0 Å². The molecule has 0 saturated carbocycles. The summed E-state index contributed by atoms with van der Waals surface area (Å²) in [6.45, 7) is 5.51. The van der Waals surface area contributed by atoms with E-state index in [1.165, 1.54) is 18.4 Å². The van der Waals surface area contributed by atoms with Gasteiger partial charge in [-0.25, -0.2) is 0 Å². The van der Waals surface area contributed by atoms with Crippen LogP contribution in [0.5, 0.6) is 0 Å². The monoisotopic (exact) mass is 233 g/mol. The molecule has 1 saturated heterocycles. The molecule has 2 atom stereocenters. The van der Waals surface area contributed by atoms with Gasteiger partial charge in [0.1, 0.15) is 0 Å². The number of piperidine rings is 1. The third kappa shape index (κ3) is 2.91. The van der Waals surface area contributed by atoms with Crippen LogP contribution in [0.3, 0.4) is 0 Å². The van der Waals surface area contributed by atoms with Crippen LogP contribution in [0.25, 0.3) is 0 Å². The topological polar surface area (TPSA) is 41.3 Å². The van der Waals surface area contributed by atoms with Gasteiger partial charge in [-0.1, -0.05) is 6.07 Å². The molecule has 1 aliphatic rings. The largest absolute Gasteiger partial charge is 0.397 e. The van der Waals surface area contributed by atoms with E-state index in [1.54, 1.807) is 0 Å². The zero-order chi connectivity index (χ0) is 12.4. The summed E-state index contributed by atoms with van der Waals surface area (Å²) in [6, 6.07) is 7.42. The molecule has 3 N–H and O–H groups in total. The highest BCUT2D eigenvalue weighted by Crippen LogP contribution is 2.24. The van der Waals surface area contributed by atoms with E-state index in [0.717, 1.165) is 17.9 Å². The van der Waals surface area contributed by atoms with Crippen molar-refractivity contribution < 1.29 is 0 Å². The first kappa shape index (κ1) is 12.2. The molecule has 1 aromatic carbocycles. The number of nitrogens with one attached hydrogen (secondary N) is 1. The van der Waals surface area contributed by atoms with Crippen LogP contribution in [-0.4, -0.2) is 30.6 Å². The lowest BCUT2D eigenvalue weighted by molar-refractivity contribution is 0.190. The molecule has 1 aromatic rings. The van der Waals surface area contributed by atoms with Gasteiger partial charge in [0, 0.05) is 18.6 Å². The lowest BCUT2D eigenvalue weighted by Gasteiger charge is -2.36. The van der Waals surface area contributed by atoms with Gasteiger partial charge in [0.25, 0.3) is 0 Å². The molecule has 0 aliphatic carbocycles. The molecule has 2 unspecified atom stereocenters. The van der Waals surface area contributed by atoms with E-state index in [1.807, 2.05) is 6.07 Å². The Morgan fingerprint density at radius 1 is 1.41 bits per heavy atom. The number of benzene rings is 1. The highest BCUT2D eigenvalue weighted by Gasteiger charge is 2.22. The summed E-state index contributed by atoms with van der Waals surface area (Å²) in [5.74, 6) is 0. The van der Waals surface area contributed by atoms with Crippen LogP contribution in [0.2, 0.25) is 0 Å². The summed E-state index contributed by atoms with van der Waals surface area (Å²) in [4.78, 5) is 2.41. The molecule has 1 aliphatic heterocycles. The number of nitrogens with zero attached hydrogens (tertiary/aromatic N) is 1. The van der Waals surface area contributed by atoms with E-state index in [9.17, 15) is 0 Å². The molecule has 0 amide bonds. The zero-order valence-electron chi connectivity index (χ0n) is 11.0. The van der Waals surface area contributed by atoms with Gasteiger partial charge >= 0.3 is 0 Å². The molecule has 0 bridgehead atoms. The van der Waals surface area contributed by atoms with Crippen LogP contribution < -0.4 is 11.1 Å². The molecular formula is C14H23N3. The van der Waals surface area contributed by atoms with Crippen LogP contribution in [0.15, 0.2) is 18.2 Å². The number of rotatable bonds is 2. The van der Waals surface area contributed by atoms with E-state index < -0.39 is 0 Å². The van der Waals surface area contributed by atoms with Gasteiger partial charge in [-0.05, 0) is 51.4 Å². The summed E-state index contributed by atoms with van der Waals surface area (Å²) >= 11 is 0. The summed E-state index contributed by atoms with van der Waals surface area (Å²) in [6.07, 6.45) is 2.37. The van der Waals surface area contributed by atoms with Gasteiger partial charge in [0.2, 0.25) is 0 Å². The molecule has 3 nitrogen and oxygen atoms in total. The molecule has 2 rings (SSSR count). The first-order valence-corrected chi connectivity index (χ1v) is 6.39. The maximum Gasteiger partial charge on any atom is 0.0576 e. The molecule has 0 radical (unpaired) electrons. The minimum atomic E-state index is 0.547. The van der Waals surface area contributed by atoms with E-state index in [4.69, 9.17) is 5.73 Å². The summed E-state index contributed by atoms with van der Waals surface area (Å²) in [5.41, 5.74) is 9.18. The third-order valence-corrected chi connectivity index (χ3v) is 3.78. The second-order valence-electron chi connectivity index (χ2n) is 5.29. The molecule has 1 heterocycles. The van der Waals surface area contributed by atoms with Crippen molar-refractivity contribution in [3.05, 3.63) is 23.8 Å². The fourth-order valence-corrected chi connectivity index (χ4v) is 2.45. The number of hydrogen-bond acceptors (Lipinski definition) is 3. The Balaban J connectivity index is 2.01. The van der Waals surface area contributed by atoms with Crippen molar-refractivity contribution >= 4 is 11.4 Å². The SMILES string of the molecule is Cc1ccc(NC2CCN(C)C(C)C2)c(N)c1. The Morgan fingerprint density at radius 2 is 2.18 bits per heavy atom. The second kappa shape index (κ2) is 4.96. The van der Waals surface area contributed by atoms with E-state index in [-0.39, 0.29) is 0 Å². The van der Waals surface area contributed by atoms with Crippen LogP contribution in [0.1, 0.15) is 25.3 Å². The number of nitrogen functional groups attached to an aromatic ring is 1. The Bertz CT molecular complexity index is 389. The lowest BCUT2D eigenvalue weighted by Crippen LogP contribution is -2.42. The van der Waals surface area contributed by atoms with Gasteiger partial charge in [-0.2, -0.15) is 0 Å². The minimum Gasteiger partial charge on any atom is -0.397 e. The van der Waals surface area contributed by atoms with Crippen LogP contribution in [0, 0.1) is 6.92 Å². The maximum atomic E-state index is 6.03. The Hall–Kier alpha value is -1.22. The predicted octanol–water partition coefficient (Wildman–Crippen LogP) is 2.47. The number of aryl methyl sites for hydroxylation is 1. The fourth-order valence-electron chi connectivity index (χ4n) is 2.45. The average Bonchev–Trinajstić information content (AvgIpc) is 2.27. The molecule has 94 valence electrons. The summed E-state index contributed by atoms with van der Waals surface area (Å²) < 4.78 is 0. The molecular weight excluding hydrogens is 210 g/mol. The Kier molecular flexibility index (Phi) is 3.57. The van der Waals surface area contributed by atoms with Crippen molar-refractivity contribution in [1.82, 2.24) is 4.90 Å². The quantitative estimate of drug-likeness (QED) is 0.771. The van der Waals surface area contributed by atoms with E-state index >= 15 is 0 Å². The van der Waals surface area contributed by atoms with Crippen molar-refractivity contribution in [2.75, 3.05) is 24.6 Å². The van der Waals surface area contributed by atoms with Gasteiger partial charge in [0.05, 0.1) is 11.4 Å². The van der Waals surface area contributed by atoms with Crippen LogP contribution in [-0.2, 0) is 0 Å². The number of likely N-dealkylation sites (tertiary alicyclic amines) is 1. The van der Waals surface area contributed by atoms with Crippen molar-refractivity contribution in [2.45, 2.75) is 38.8 Å². The standard InChI is InChI=1S/C14H23N3/c1-10-4-5-14(13(15)8-10)16-12-6-7-17(3)11(2)9-12/h4-5,8,11-12,16H,6-7,9,15H2,1-3H3.